The topological polar surface area (TPSA) is 67.9 Å². The van der Waals surface area contributed by atoms with Crippen LogP contribution in [0.3, 0.4) is 0 Å². The molecule has 0 atom stereocenters. The molecule has 0 aliphatic rings. The Kier molecular flexibility index (Phi) is 4.65. The highest BCUT2D eigenvalue weighted by molar-refractivity contribution is 5.29. The van der Waals surface area contributed by atoms with Gasteiger partial charge in [0.2, 0.25) is 0 Å². The van der Waals surface area contributed by atoms with Crippen molar-refractivity contribution >= 4 is 6.01 Å². The van der Waals surface area contributed by atoms with E-state index in [9.17, 15) is 0 Å². The zero-order valence-corrected chi connectivity index (χ0v) is 5.33. The summed E-state index contributed by atoms with van der Waals surface area (Å²) >= 11 is 0. The largest absolute Gasteiger partial charge is 0.508 e. The zero-order valence-electron chi connectivity index (χ0n) is 5.33. The normalized spacial score (nSPS) is 6.80. The first-order valence-corrected chi connectivity index (χ1v) is 2.63. The minimum Gasteiger partial charge on any atom is -0.508 e. The summed E-state index contributed by atoms with van der Waals surface area (Å²) < 4.78 is 0. The molecule has 3 N–H and O–H groups in total. The molecule has 0 saturated carbocycles. The summed E-state index contributed by atoms with van der Waals surface area (Å²) in [4.78, 5) is 0. The van der Waals surface area contributed by atoms with Crippen LogP contribution in [0.5, 0.6) is 5.75 Å². The number of phenolic OH excluding ortho intramolecular Hbond substituents is 1. The van der Waals surface area contributed by atoms with E-state index in [1.807, 2.05) is 6.07 Å². The number of hydrogen-bond acceptors (Lipinski definition) is 3. The first kappa shape index (κ1) is 8.40. The van der Waals surface area contributed by atoms with E-state index in [1.165, 1.54) is 6.01 Å². The predicted octanol–water partition coefficient (Wildman–Crippen LogP) is 1.71. The van der Waals surface area contributed by atoms with Gasteiger partial charge in [0, 0.05) is 0 Å². The highest BCUT2D eigenvalue weighted by atomic mass is 16.3. The molecule has 0 saturated heterocycles. The highest BCUT2D eigenvalue weighted by Crippen LogP contribution is 2.02. The van der Waals surface area contributed by atoms with Crippen LogP contribution in [0, 0.1) is 10.8 Å². The molecule has 1 aromatic rings. The number of phenols is 1. The lowest BCUT2D eigenvalue weighted by Gasteiger charge is -1.82. The fraction of sp³-hybridized carbons (Fsp3) is 0. The monoisotopic (exact) mass is 136 g/mol. The van der Waals surface area contributed by atoms with E-state index in [2.05, 4.69) is 0 Å². The second-order valence-corrected chi connectivity index (χ2v) is 1.46. The van der Waals surface area contributed by atoms with Crippen molar-refractivity contribution in [3.8, 4) is 5.75 Å². The molecule has 3 nitrogen and oxygen atoms in total. The molecule has 0 bridgehead atoms. The predicted molar refractivity (Wildman–Crippen MR) is 38.6 cm³/mol. The van der Waals surface area contributed by atoms with Gasteiger partial charge in [-0.05, 0) is 12.1 Å². The Morgan fingerprint density at radius 3 is 1.70 bits per heavy atom. The lowest BCUT2D eigenvalue weighted by molar-refractivity contribution is 0.475. The molecule has 0 spiro atoms. The Labute approximate surface area is 59.0 Å². The molecular weight excluding hydrogens is 128 g/mol. The maximum atomic E-state index is 8.63. The first-order valence-electron chi connectivity index (χ1n) is 2.63. The second kappa shape index (κ2) is 5.54. The molecule has 0 heterocycles. The summed E-state index contributed by atoms with van der Waals surface area (Å²) in [5.41, 5.74) is 0. The van der Waals surface area contributed by atoms with Crippen molar-refractivity contribution in [3.63, 3.8) is 0 Å². The average molecular weight is 136 g/mol. The molecule has 0 amide bonds. The Morgan fingerprint density at radius 1 is 1.10 bits per heavy atom. The number of benzene rings is 1. The van der Waals surface area contributed by atoms with E-state index in [-0.39, 0.29) is 0 Å². The standard InChI is InChI=1S/C6H6O.CH2N2/c7-6-4-2-1-3-5-6;2-1-3/h1-5,7H;2-3H. The molecule has 52 valence electrons. The van der Waals surface area contributed by atoms with Crippen LogP contribution in [0.4, 0.5) is 0 Å². The number of rotatable bonds is 0. The molecule has 0 aromatic heterocycles. The minimum absolute atomic E-state index is 0.322. The molecule has 1 rings (SSSR count). The Balaban J connectivity index is 0.000000236. The van der Waals surface area contributed by atoms with Gasteiger partial charge in [-0.15, -0.1) is 0 Å². The number of hydrogen-bond donors (Lipinski definition) is 3. The van der Waals surface area contributed by atoms with E-state index in [1.54, 1.807) is 24.3 Å². The molecule has 0 radical (unpaired) electrons. The quantitative estimate of drug-likeness (QED) is 0.467. The van der Waals surface area contributed by atoms with Crippen LogP contribution in [0.2, 0.25) is 0 Å². The number of aromatic hydroxyl groups is 1. The number of nitrogens with one attached hydrogen (secondary N) is 2. The van der Waals surface area contributed by atoms with Crippen molar-refractivity contribution in [2.45, 2.75) is 0 Å². The van der Waals surface area contributed by atoms with Crippen LogP contribution in [0.1, 0.15) is 0 Å². The summed E-state index contributed by atoms with van der Waals surface area (Å²) in [5, 5.41) is 19.9. The van der Waals surface area contributed by atoms with Crippen LogP contribution in [0.15, 0.2) is 30.3 Å². The van der Waals surface area contributed by atoms with E-state index >= 15 is 0 Å². The third-order valence-corrected chi connectivity index (χ3v) is 0.756. The molecule has 3 heteroatoms. The van der Waals surface area contributed by atoms with Crippen LogP contribution < -0.4 is 0 Å². The summed E-state index contributed by atoms with van der Waals surface area (Å²) in [6.07, 6.45) is 0. The molecular formula is C7H8N2O. The van der Waals surface area contributed by atoms with Gasteiger partial charge in [0.25, 0.3) is 0 Å². The van der Waals surface area contributed by atoms with Gasteiger partial charge >= 0.3 is 0 Å². The molecule has 0 unspecified atom stereocenters. The summed E-state index contributed by atoms with van der Waals surface area (Å²) in [5.74, 6) is 0.322. The lowest BCUT2D eigenvalue weighted by atomic mass is 10.3. The molecule has 0 aliphatic carbocycles. The van der Waals surface area contributed by atoms with Crippen molar-refractivity contribution in [2.24, 2.45) is 0 Å². The highest BCUT2D eigenvalue weighted by Gasteiger charge is 1.74. The summed E-state index contributed by atoms with van der Waals surface area (Å²) in [7, 11) is 0. The van der Waals surface area contributed by atoms with Crippen molar-refractivity contribution in [2.75, 3.05) is 0 Å². The third kappa shape index (κ3) is 4.56. The van der Waals surface area contributed by atoms with Crippen LogP contribution in [-0.4, -0.2) is 11.1 Å². The van der Waals surface area contributed by atoms with Crippen molar-refractivity contribution in [1.29, 1.82) is 10.8 Å². The molecule has 0 aliphatic heterocycles. The number of para-hydroxylation sites is 1. The van der Waals surface area contributed by atoms with Gasteiger partial charge in [-0.3, -0.25) is 0 Å². The van der Waals surface area contributed by atoms with Crippen LogP contribution in [-0.2, 0) is 0 Å². The molecule has 1 aromatic carbocycles. The second-order valence-electron chi connectivity index (χ2n) is 1.46. The maximum absolute atomic E-state index is 8.63. The first-order chi connectivity index (χ1) is 4.81. The third-order valence-electron chi connectivity index (χ3n) is 0.756. The minimum atomic E-state index is 0.322. The van der Waals surface area contributed by atoms with Gasteiger partial charge in [-0.1, -0.05) is 18.2 Å². The summed E-state index contributed by atoms with van der Waals surface area (Å²) in [6, 6.07) is 9.96. The van der Waals surface area contributed by atoms with Gasteiger partial charge in [-0.2, -0.15) is 0 Å². The Morgan fingerprint density at radius 2 is 1.50 bits per heavy atom. The van der Waals surface area contributed by atoms with Gasteiger partial charge in [-0.25, -0.2) is 10.8 Å². The van der Waals surface area contributed by atoms with E-state index in [4.69, 9.17) is 15.9 Å². The zero-order chi connectivity index (χ0) is 7.82. The summed E-state index contributed by atoms with van der Waals surface area (Å²) in [6.45, 7) is 0. The van der Waals surface area contributed by atoms with Gasteiger partial charge in [0.15, 0.2) is 0 Å². The van der Waals surface area contributed by atoms with Gasteiger partial charge < -0.3 is 5.11 Å². The fourth-order valence-electron chi connectivity index (χ4n) is 0.428. The van der Waals surface area contributed by atoms with E-state index < -0.39 is 0 Å². The fourth-order valence-corrected chi connectivity index (χ4v) is 0.428. The van der Waals surface area contributed by atoms with Gasteiger partial charge in [0.05, 0.1) is 6.01 Å². The Hall–Kier alpha value is -1.60. The SMILES string of the molecule is N=C=N.Oc1ccccc1. The van der Waals surface area contributed by atoms with Crippen molar-refractivity contribution in [1.82, 2.24) is 0 Å². The van der Waals surface area contributed by atoms with Crippen LogP contribution >= 0.6 is 0 Å². The van der Waals surface area contributed by atoms with Crippen molar-refractivity contribution < 1.29 is 5.11 Å². The molecule has 0 fully saturated rings. The maximum Gasteiger partial charge on any atom is 0.115 e. The Bertz CT molecular complexity index is 202. The van der Waals surface area contributed by atoms with Crippen molar-refractivity contribution in [3.05, 3.63) is 30.3 Å². The van der Waals surface area contributed by atoms with E-state index in [0.29, 0.717) is 5.75 Å². The van der Waals surface area contributed by atoms with Crippen LogP contribution in [0.25, 0.3) is 0 Å². The average Bonchev–Trinajstić information content (AvgIpc) is 1.91. The lowest BCUT2D eigenvalue weighted by Crippen LogP contribution is -1.56. The van der Waals surface area contributed by atoms with Gasteiger partial charge in [0.1, 0.15) is 5.75 Å². The molecule has 10 heavy (non-hydrogen) atoms. The van der Waals surface area contributed by atoms with E-state index in [0.717, 1.165) is 0 Å². The smallest absolute Gasteiger partial charge is 0.115 e.